The molecule has 1 heterocycles. The normalized spacial score (nSPS) is 15.7. The van der Waals surface area contributed by atoms with E-state index in [0.717, 1.165) is 22.3 Å². The van der Waals surface area contributed by atoms with E-state index in [9.17, 15) is 14.0 Å². The number of halogens is 1. The average molecular weight is 385 g/mol. The van der Waals surface area contributed by atoms with Crippen molar-refractivity contribution in [1.29, 1.82) is 0 Å². The number of methoxy groups -OCH3 is 1. The van der Waals surface area contributed by atoms with E-state index in [-0.39, 0.29) is 18.1 Å². The van der Waals surface area contributed by atoms with Crippen molar-refractivity contribution in [3.63, 3.8) is 0 Å². The highest BCUT2D eigenvalue weighted by atomic mass is 19.1. The van der Waals surface area contributed by atoms with Crippen molar-refractivity contribution >= 4 is 11.9 Å². The second-order valence-electron chi connectivity index (χ2n) is 7.06. The molecule has 2 aromatic carbocycles. The molecule has 1 fully saturated rings. The van der Waals surface area contributed by atoms with E-state index in [1.165, 1.54) is 19.2 Å². The van der Waals surface area contributed by atoms with Gasteiger partial charge in [-0.3, -0.25) is 4.79 Å². The molecule has 1 amide bonds. The molecule has 0 atom stereocenters. The van der Waals surface area contributed by atoms with Crippen LogP contribution in [0.3, 0.4) is 0 Å². The molecule has 0 aromatic heterocycles. The smallest absolute Gasteiger partial charge is 0.331 e. The van der Waals surface area contributed by atoms with Gasteiger partial charge in [-0.25, -0.2) is 9.18 Å². The quantitative estimate of drug-likeness (QED) is 0.803. The molecule has 3 rings (SSSR count). The summed E-state index contributed by atoms with van der Waals surface area (Å²) in [6.07, 6.45) is 0.917. The first-order chi connectivity index (χ1) is 13.4. The van der Waals surface area contributed by atoms with Gasteiger partial charge in [0.05, 0.1) is 13.5 Å². The third kappa shape index (κ3) is 4.39. The van der Waals surface area contributed by atoms with Crippen LogP contribution >= 0.6 is 0 Å². The van der Waals surface area contributed by atoms with Gasteiger partial charge in [-0.05, 0) is 41.3 Å². The molecule has 148 valence electrons. The van der Waals surface area contributed by atoms with Crippen LogP contribution in [0.15, 0.2) is 42.5 Å². The van der Waals surface area contributed by atoms with Crippen molar-refractivity contribution < 1.29 is 23.5 Å². The number of carbonyl (C=O) groups excluding carboxylic acids is 2. The second kappa shape index (κ2) is 8.52. The van der Waals surface area contributed by atoms with Crippen LogP contribution in [-0.2, 0) is 25.5 Å². The van der Waals surface area contributed by atoms with Gasteiger partial charge in [-0.1, -0.05) is 30.3 Å². The number of hydrogen-bond donors (Lipinski definition) is 1. The molecule has 28 heavy (non-hydrogen) atoms. The summed E-state index contributed by atoms with van der Waals surface area (Å²) in [5.74, 6) is -0.979. The molecule has 0 radical (unpaired) electrons. The summed E-state index contributed by atoms with van der Waals surface area (Å²) >= 11 is 0. The highest BCUT2D eigenvalue weighted by molar-refractivity contribution is 5.89. The van der Waals surface area contributed by atoms with E-state index in [1.807, 2.05) is 25.1 Å². The van der Waals surface area contributed by atoms with E-state index in [0.29, 0.717) is 26.1 Å². The summed E-state index contributed by atoms with van der Waals surface area (Å²) in [5.41, 5.74) is 2.57. The fourth-order valence-corrected chi connectivity index (χ4v) is 3.46. The molecule has 0 spiro atoms. The minimum absolute atomic E-state index is 0.139. The first kappa shape index (κ1) is 20.0. The van der Waals surface area contributed by atoms with Crippen LogP contribution in [0.25, 0.3) is 11.1 Å². The highest BCUT2D eigenvalue weighted by Gasteiger charge is 2.42. The second-order valence-corrected chi connectivity index (χ2v) is 7.06. The largest absolute Gasteiger partial charge is 0.467 e. The van der Waals surface area contributed by atoms with Crippen molar-refractivity contribution in [3.8, 4) is 11.1 Å². The molecule has 0 bridgehead atoms. The molecule has 5 nitrogen and oxygen atoms in total. The van der Waals surface area contributed by atoms with E-state index >= 15 is 0 Å². The topological polar surface area (TPSA) is 64.6 Å². The molecule has 6 heteroatoms. The Morgan fingerprint density at radius 3 is 2.39 bits per heavy atom. The Morgan fingerprint density at radius 2 is 1.75 bits per heavy atom. The fraction of sp³-hybridized carbons (Fsp3) is 0.364. The zero-order chi connectivity index (χ0) is 20.1. The van der Waals surface area contributed by atoms with Crippen molar-refractivity contribution in [2.75, 3.05) is 20.3 Å². The van der Waals surface area contributed by atoms with Crippen molar-refractivity contribution in [3.05, 3.63) is 59.4 Å². The van der Waals surface area contributed by atoms with Crippen LogP contribution in [0.4, 0.5) is 4.39 Å². The maximum atomic E-state index is 13.2. The Bertz CT molecular complexity index is 857. The molecule has 1 aliphatic heterocycles. The fourth-order valence-electron chi connectivity index (χ4n) is 3.46. The number of benzene rings is 2. The molecular weight excluding hydrogens is 361 g/mol. The number of hydrogen-bond acceptors (Lipinski definition) is 4. The Morgan fingerprint density at radius 1 is 1.11 bits per heavy atom. The van der Waals surface area contributed by atoms with Gasteiger partial charge in [0.1, 0.15) is 11.4 Å². The number of carbonyl (C=O) groups is 2. The van der Waals surface area contributed by atoms with Gasteiger partial charge in [0, 0.05) is 26.1 Å². The van der Waals surface area contributed by atoms with Gasteiger partial charge in [-0.15, -0.1) is 0 Å². The number of rotatable bonds is 5. The lowest BCUT2D eigenvalue weighted by Crippen LogP contribution is -2.58. The summed E-state index contributed by atoms with van der Waals surface area (Å²) in [5, 5.41) is 2.88. The molecule has 1 aliphatic rings. The average Bonchev–Trinajstić information content (AvgIpc) is 2.70. The van der Waals surface area contributed by atoms with Crippen LogP contribution in [-0.4, -0.2) is 37.7 Å². The number of esters is 1. The minimum atomic E-state index is -1.04. The zero-order valence-electron chi connectivity index (χ0n) is 16.1. The minimum Gasteiger partial charge on any atom is -0.467 e. The first-order valence-electron chi connectivity index (χ1n) is 9.26. The monoisotopic (exact) mass is 385 g/mol. The van der Waals surface area contributed by atoms with Crippen molar-refractivity contribution in [1.82, 2.24) is 5.32 Å². The summed E-state index contributed by atoms with van der Waals surface area (Å²) < 4.78 is 23.4. The third-order valence-corrected chi connectivity index (χ3v) is 5.18. The van der Waals surface area contributed by atoms with E-state index < -0.39 is 11.5 Å². The maximum Gasteiger partial charge on any atom is 0.331 e. The predicted octanol–water partition coefficient (Wildman–Crippen LogP) is 3.18. The van der Waals surface area contributed by atoms with E-state index in [4.69, 9.17) is 9.47 Å². The Hall–Kier alpha value is -2.73. The molecule has 0 unspecified atom stereocenters. The summed E-state index contributed by atoms with van der Waals surface area (Å²) in [7, 11) is 1.32. The molecule has 1 saturated heterocycles. The SMILES string of the molecule is COC(=O)C1(NC(=O)Cc2cc(-c3ccc(F)cc3)ccc2C)CCOCC1. The van der Waals surface area contributed by atoms with Gasteiger partial charge >= 0.3 is 5.97 Å². The number of aryl methyl sites for hydroxylation is 1. The lowest BCUT2D eigenvalue weighted by molar-refractivity contribution is -0.155. The standard InChI is InChI=1S/C22H24FNO4/c1-15-3-4-17(16-5-7-19(23)8-6-16)13-18(15)14-20(25)24-22(21(26)27-2)9-11-28-12-10-22/h3-8,13H,9-12,14H2,1-2H3,(H,24,25). The number of nitrogens with one attached hydrogen (secondary N) is 1. The van der Waals surface area contributed by atoms with Crippen LogP contribution in [0.5, 0.6) is 0 Å². The number of amides is 1. The van der Waals surface area contributed by atoms with Crippen molar-refractivity contribution in [2.45, 2.75) is 31.7 Å². The first-order valence-corrected chi connectivity index (χ1v) is 9.26. The highest BCUT2D eigenvalue weighted by Crippen LogP contribution is 2.25. The van der Waals surface area contributed by atoms with Crippen LogP contribution < -0.4 is 5.32 Å². The third-order valence-electron chi connectivity index (χ3n) is 5.18. The van der Waals surface area contributed by atoms with Gasteiger partial charge in [0.15, 0.2) is 0 Å². The summed E-state index contributed by atoms with van der Waals surface area (Å²) in [6.45, 7) is 2.73. The van der Waals surface area contributed by atoms with Gasteiger partial charge < -0.3 is 14.8 Å². The van der Waals surface area contributed by atoms with Gasteiger partial charge in [-0.2, -0.15) is 0 Å². The van der Waals surface area contributed by atoms with Crippen LogP contribution in [0.2, 0.25) is 0 Å². The van der Waals surface area contributed by atoms with Gasteiger partial charge in [0.2, 0.25) is 5.91 Å². The summed E-state index contributed by atoms with van der Waals surface area (Å²) in [4.78, 5) is 25.0. The molecule has 0 saturated carbocycles. The van der Waals surface area contributed by atoms with Crippen LogP contribution in [0.1, 0.15) is 24.0 Å². The maximum absolute atomic E-state index is 13.2. The molecular formula is C22H24FNO4. The van der Waals surface area contributed by atoms with Crippen LogP contribution in [0, 0.1) is 12.7 Å². The van der Waals surface area contributed by atoms with E-state index in [2.05, 4.69) is 5.32 Å². The zero-order valence-corrected chi connectivity index (χ0v) is 16.1. The molecule has 1 N–H and O–H groups in total. The lowest BCUT2D eigenvalue weighted by Gasteiger charge is -2.35. The lowest BCUT2D eigenvalue weighted by atomic mass is 9.89. The van der Waals surface area contributed by atoms with Crippen molar-refractivity contribution in [2.24, 2.45) is 0 Å². The predicted molar refractivity (Wildman–Crippen MR) is 103 cm³/mol. The van der Waals surface area contributed by atoms with Gasteiger partial charge in [0.25, 0.3) is 0 Å². The Balaban J connectivity index is 1.78. The Labute approximate surface area is 163 Å². The molecule has 2 aromatic rings. The molecule has 0 aliphatic carbocycles. The Kier molecular flexibility index (Phi) is 6.09. The van der Waals surface area contributed by atoms with E-state index in [1.54, 1.807) is 12.1 Å². The summed E-state index contributed by atoms with van der Waals surface area (Å²) in [6, 6.07) is 12.0. The number of ether oxygens (including phenoxy) is 2.